The molecule has 0 unspecified atom stereocenters. The fourth-order valence-corrected chi connectivity index (χ4v) is 4.67. The predicted octanol–water partition coefficient (Wildman–Crippen LogP) is 4.39. The highest BCUT2D eigenvalue weighted by atomic mass is 32.1. The highest BCUT2D eigenvalue weighted by Gasteiger charge is 2.34. The Labute approximate surface area is 189 Å². The summed E-state index contributed by atoms with van der Waals surface area (Å²) in [4.78, 5) is 30.7. The molecule has 7 heteroatoms. The highest BCUT2D eigenvalue weighted by Crippen LogP contribution is 2.34. The van der Waals surface area contributed by atoms with Gasteiger partial charge < -0.3 is 19.9 Å². The van der Waals surface area contributed by atoms with Crippen LogP contribution in [0.15, 0.2) is 35.7 Å². The fourth-order valence-electron chi connectivity index (χ4n) is 3.74. The number of rotatable bonds is 8. The van der Waals surface area contributed by atoms with Crippen LogP contribution in [0, 0.1) is 6.92 Å². The van der Waals surface area contributed by atoms with E-state index in [4.69, 9.17) is 4.74 Å². The van der Waals surface area contributed by atoms with Crippen LogP contribution in [0.5, 0.6) is 5.75 Å². The minimum Gasteiger partial charge on any atom is -0.491 e. The summed E-state index contributed by atoms with van der Waals surface area (Å²) in [5.41, 5.74) is 2.33. The van der Waals surface area contributed by atoms with Gasteiger partial charge in [-0.2, -0.15) is 0 Å². The van der Waals surface area contributed by atoms with E-state index < -0.39 is 0 Å². The number of amides is 3. The van der Waals surface area contributed by atoms with E-state index in [1.54, 1.807) is 16.2 Å². The molecule has 1 aromatic heterocycles. The Bertz CT molecular complexity index is 878. The van der Waals surface area contributed by atoms with Crippen molar-refractivity contribution >= 4 is 23.3 Å². The summed E-state index contributed by atoms with van der Waals surface area (Å²) >= 11 is 1.73. The molecular weight excluding hydrogens is 410 g/mol. The van der Waals surface area contributed by atoms with E-state index in [9.17, 15) is 9.59 Å². The first-order valence-electron chi connectivity index (χ1n) is 11.0. The maximum absolute atomic E-state index is 13.3. The second-order valence-corrected chi connectivity index (χ2v) is 9.23. The Balaban J connectivity index is 1.74. The van der Waals surface area contributed by atoms with Crippen LogP contribution >= 0.6 is 11.3 Å². The predicted molar refractivity (Wildman–Crippen MR) is 125 cm³/mol. The van der Waals surface area contributed by atoms with E-state index in [0.29, 0.717) is 19.7 Å². The molecule has 3 rings (SSSR count). The molecule has 31 heavy (non-hydrogen) atoms. The number of ether oxygens (including phenoxy) is 1. The third-order valence-corrected chi connectivity index (χ3v) is 6.56. The van der Waals surface area contributed by atoms with Crippen LogP contribution in [0.4, 0.5) is 4.79 Å². The normalized spacial score (nSPS) is 15.5. The van der Waals surface area contributed by atoms with Crippen LogP contribution < -0.4 is 10.1 Å². The second-order valence-electron chi connectivity index (χ2n) is 8.23. The topological polar surface area (TPSA) is 61.9 Å². The molecule has 2 heterocycles. The third-order valence-electron chi connectivity index (χ3n) is 5.56. The van der Waals surface area contributed by atoms with E-state index in [-0.39, 0.29) is 30.6 Å². The van der Waals surface area contributed by atoms with E-state index >= 15 is 0 Å². The molecule has 0 bridgehead atoms. The maximum atomic E-state index is 13.3. The van der Waals surface area contributed by atoms with Crippen molar-refractivity contribution in [3.8, 4) is 5.75 Å². The van der Waals surface area contributed by atoms with Gasteiger partial charge in [0.1, 0.15) is 18.9 Å². The lowest BCUT2D eigenvalue weighted by molar-refractivity contribution is -0.135. The molecule has 168 valence electrons. The minimum absolute atomic E-state index is 0.0466. The van der Waals surface area contributed by atoms with E-state index in [1.165, 1.54) is 10.4 Å². The van der Waals surface area contributed by atoms with E-state index in [2.05, 4.69) is 16.8 Å². The number of carbonyl (C=O) groups excluding carboxylic acids is 2. The number of thiophene rings is 1. The number of carbonyl (C=O) groups is 2. The summed E-state index contributed by atoms with van der Waals surface area (Å²) < 4.78 is 6.08. The average molecular weight is 444 g/mol. The molecule has 0 radical (unpaired) electrons. The van der Waals surface area contributed by atoms with Gasteiger partial charge in [0, 0.05) is 24.0 Å². The van der Waals surface area contributed by atoms with Crippen LogP contribution in [-0.4, -0.2) is 54.0 Å². The van der Waals surface area contributed by atoms with Gasteiger partial charge in [-0.25, -0.2) is 4.79 Å². The van der Waals surface area contributed by atoms with Crippen LogP contribution in [0.1, 0.15) is 49.2 Å². The molecule has 0 aliphatic carbocycles. The summed E-state index contributed by atoms with van der Waals surface area (Å²) in [7, 11) is 0. The van der Waals surface area contributed by atoms with Gasteiger partial charge in [0.05, 0.1) is 6.04 Å². The first-order valence-corrected chi connectivity index (χ1v) is 11.9. The Morgan fingerprint density at radius 2 is 2.00 bits per heavy atom. The Morgan fingerprint density at radius 1 is 1.26 bits per heavy atom. The lowest BCUT2D eigenvalue weighted by Gasteiger charge is -2.37. The zero-order chi connectivity index (χ0) is 22.4. The third kappa shape index (κ3) is 5.79. The quantitative estimate of drug-likeness (QED) is 0.658. The molecule has 6 nitrogen and oxygen atoms in total. The van der Waals surface area contributed by atoms with Crippen LogP contribution in [-0.2, 0) is 11.2 Å². The number of urea groups is 1. The molecule has 1 aliphatic heterocycles. The number of nitrogens with one attached hydrogen (secondary N) is 1. The van der Waals surface area contributed by atoms with Crippen LogP contribution in [0.3, 0.4) is 0 Å². The highest BCUT2D eigenvalue weighted by molar-refractivity contribution is 7.10. The Morgan fingerprint density at radius 3 is 2.68 bits per heavy atom. The number of benzene rings is 1. The number of fused-ring (bicyclic) bond motifs is 1. The standard InChI is InChI=1S/C24H33N3O3S/c1-5-12-25-24(29)27(17(2)3)15-23(28)26-13-10-22-20(11-14-31-22)21(26)16-30-19-8-6-18(4)7-9-19/h6-9,11,14,17,21H,5,10,12-13,15-16H2,1-4H3,(H,25,29)/t21-/m1/s1. The van der Waals surface area contributed by atoms with Gasteiger partial charge in [-0.3, -0.25) is 4.79 Å². The molecule has 1 atom stereocenters. The number of hydrogen-bond acceptors (Lipinski definition) is 4. The number of aryl methyl sites for hydroxylation is 1. The molecule has 1 aromatic carbocycles. The lowest BCUT2D eigenvalue weighted by Crippen LogP contribution is -2.51. The summed E-state index contributed by atoms with van der Waals surface area (Å²) in [5, 5.41) is 4.97. The molecular formula is C24H33N3O3S. The first-order chi connectivity index (χ1) is 14.9. The Hall–Kier alpha value is -2.54. The van der Waals surface area contributed by atoms with Gasteiger partial charge >= 0.3 is 6.03 Å². The zero-order valence-electron chi connectivity index (χ0n) is 18.9. The number of nitrogens with zero attached hydrogens (tertiary/aromatic N) is 2. The maximum Gasteiger partial charge on any atom is 0.318 e. The van der Waals surface area contributed by atoms with Crippen molar-refractivity contribution in [3.05, 3.63) is 51.7 Å². The average Bonchev–Trinajstić information content (AvgIpc) is 3.24. The monoisotopic (exact) mass is 443 g/mol. The fraction of sp³-hybridized carbons (Fsp3) is 0.500. The zero-order valence-corrected chi connectivity index (χ0v) is 19.7. The van der Waals surface area contributed by atoms with Gasteiger partial charge in [-0.15, -0.1) is 11.3 Å². The Kier molecular flexibility index (Phi) is 7.96. The molecule has 2 aromatic rings. The molecule has 0 saturated carbocycles. The molecule has 0 saturated heterocycles. The van der Waals surface area contributed by atoms with E-state index in [1.807, 2.05) is 56.9 Å². The molecule has 1 aliphatic rings. The number of hydrogen-bond donors (Lipinski definition) is 1. The molecule has 1 N–H and O–H groups in total. The van der Waals surface area contributed by atoms with Gasteiger partial charge in [0.2, 0.25) is 5.91 Å². The van der Waals surface area contributed by atoms with Gasteiger partial charge in [-0.05, 0) is 62.8 Å². The largest absolute Gasteiger partial charge is 0.491 e. The smallest absolute Gasteiger partial charge is 0.318 e. The molecule has 0 fully saturated rings. The van der Waals surface area contributed by atoms with Crippen LogP contribution in [0.25, 0.3) is 0 Å². The summed E-state index contributed by atoms with van der Waals surface area (Å²) in [5.74, 6) is 0.748. The summed E-state index contributed by atoms with van der Waals surface area (Å²) in [6.07, 6.45) is 1.70. The summed E-state index contributed by atoms with van der Waals surface area (Å²) in [6, 6.07) is 9.63. The van der Waals surface area contributed by atoms with Gasteiger partial charge in [-0.1, -0.05) is 24.6 Å². The van der Waals surface area contributed by atoms with Gasteiger partial charge in [0.25, 0.3) is 0 Å². The van der Waals surface area contributed by atoms with Crippen LogP contribution in [0.2, 0.25) is 0 Å². The van der Waals surface area contributed by atoms with Gasteiger partial charge in [0.15, 0.2) is 0 Å². The van der Waals surface area contributed by atoms with Crippen molar-refractivity contribution in [2.45, 2.75) is 52.6 Å². The lowest BCUT2D eigenvalue weighted by atomic mass is 10.0. The SMILES string of the molecule is CCCNC(=O)N(CC(=O)N1CCc2sccc2[C@H]1COc1ccc(C)cc1)C(C)C. The molecule has 0 spiro atoms. The second kappa shape index (κ2) is 10.7. The molecule has 3 amide bonds. The van der Waals surface area contributed by atoms with Crippen molar-refractivity contribution in [2.24, 2.45) is 0 Å². The van der Waals surface area contributed by atoms with Crippen molar-refractivity contribution in [1.29, 1.82) is 0 Å². The van der Waals surface area contributed by atoms with E-state index in [0.717, 1.165) is 24.2 Å². The van der Waals surface area contributed by atoms with Crippen molar-refractivity contribution < 1.29 is 14.3 Å². The summed E-state index contributed by atoms with van der Waals surface area (Å²) in [6.45, 7) is 9.61. The van der Waals surface area contributed by atoms with Crippen molar-refractivity contribution in [1.82, 2.24) is 15.1 Å². The first kappa shape index (κ1) is 23.1. The minimum atomic E-state index is -0.189. The van der Waals surface area contributed by atoms with Crippen molar-refractivity contribution in [2.75, 3.05) is 26.2 Å². The van der Waals surface area contributed by atoms with Crippen molar-refractivity contribution in [3.63, 3.8) is 0 Å².